The minimum atomic E-state index is 0.694. The highest BCUT2D eigenvalue weighted by molar-refractivity contribution is 6.21. The zero-order valence-corrected chi connectivity index (χ0v) is 14.4. The highest BCUT2D eigenvalue weighted by Gasteiger charge is 2.19. The van der Waals surface area contributed by atoms with Crippen LogP contribution >= 0.6 is 0 Å². The van der Waals surface area contributed by atoms with Gasteiger partial charge in [-0.05, 0) is 35.7 Å². The summed E-state index contributed by atoms with van der Waals surface area (Å²) >= 11 is 0. The van der Waals surface area contributed by atoms with Crippen LogP contribution in [0.4, 0.5) is 5.69 Å². The first-order valence-corrected chi connectivity index (χ1v) is 8.65. The van der Waals surface area contributed by atoms with Crippen molar-refractivity contribution in [3.8, 4) is 0 Å². The van der Waals surface area contributed by atoms with Crippen molar-refractivity contribution in [2.75, 3.05) is 0 Å². The van der Waals surface area contributed by atoms with Gasteiger partial charge < -0.3 is 0 Å². The summed E-state index contributed by atoms with van der Waals surface area (Å²) in [5, 5.41) is 6.92. The number of hydrogen-bond acceptors (Lipinski definition) is 5. The van der Waals surface area contributed by atoms with E-state index < -0.39 is 0 Å². The molecule has 0 saturated carbocycles. The van der Waals surface area contributed by atoms with Crippen LogP contribution in [0.3, 0.4) is 0 Å². The van der Waals surface area contributed by atoms with Gasteiger partial charge in [0.1, 0.15) is 5.71 Å². The Morgan fingerprint density at radius 1 is 0.667 bits per heavy atom. The van der Waals surface area contributed by atoms with Crippen molar-refractivity contribution in [1.29, 1.82) is 0 Å². The Labute approximate surface area is 156 Å². The summed E-state index contributed by atoms with van der Waals surface area (Å²) in [4.78, 5) is 13.2. The molecule has 5 heteroatoms. The molecule has 27 heavy (non-hydrogen) atoms. The minimum Gasteiger partial charge on any atom is -0.265 e. The van der Waals surface area contributed by atoms with Gasteiger partial charge in [0.25, 0.3) is 0 Å². The number of aliphatic imine (C=N–C) groups is 1. The molecule has 0 radical (unpaired) electrons. The number of aromatic nitrogens is 2. The molecule has 0 amide bonds. The number of hydrogen-bond donors (Lipinski definition) is 1. The van der Waals surface area contributed by atoms with Crippen LogP contribution in [0.5, 0.6) is 0 Å². The van der Waals surface area contributed by atoms with E-state index in [0.29, 0.717) is 5.84 Å². The van der Waals surface area contributed by atoms with Gasteiger partial charge in [-0.15, -0.1) is 0 Å². The van der Waals surface area contributed by atoms with Crippen LogP contribution in [0.1, 0.15) is 16.7 Å². The number of nitrogens with one attached hydrogen (secondary N) is 1. The van der Waals surface area contributed by atoms with Crippen LogP contribution in [0.2, 0.25) is 0 Å². The molecule has 0 atom stereocenters. The molecule has 128 valence electrons. The summed E-state index contributed by atoms with van der Waals surface area (Å²) < 4.78 is 0. The second-order valence-corrected chi connectivity index (χ2v) is 6.19. The van der Waals surface area contributed by atoms with Gasteiger partial charge in [-0.3, -0.25) is 15.4 Å². The van der Waals surface area contributed by atoms with Gasteiger partial charge in [0.2, 0.25) is 0 Å². The van der Waals surface area contributed by atoms with Gasteiger partial charge >= 0.3 is 0 Å². The summed E-state index contributed by atoms with van der Waals surface area (Å²) in [6.07, 6.45) is 7.05. The number of nitrogens with zero attached hydrogens (tertiary/aromatic N) is 4. The fourth-order valence-corrected chi connectivity index (χ4v) is 3.24. The minimum absolute atomic E-state index is 0.694. The Bertz CT molecular complexity index is 1180. The molecule has 1 aliphatic heterocycles. The molecule has 3 heterocycles. The highest BCUT2D eigenvalue weighted by Crippen LogP contribution is 2.33. The lowest BCUT2D eigenvalue weighted by Gasteiger charge is -2.10. The SMILES string of the molecule is c1ccc2c3c(ccc2c1)C(c1ccncc1)=NNC(c1ccncc1)=N3. The van der Waals surface area contributed by atoms with Crippen LogP contribution in [-0.2, 0) is 0 Å². The zero-order valence-electron chi connectivity index (χ0n) is 14.4. The Kier molecular flexibility index (Phi) is 3.68. The molecule has 0 spiro atoms. The fraction of sp³-hybridized carbons (Fsp3) is 0. The summed E-state index contributed by atoms with van der Waals surface area (Å²) in [7, 11) is 0. The molecule has 0 saturated heterocycles. The zero-order chi connectivity index (χ0) is 18.1. The van der Waals surface area contributed by atoms with E-state index in [9.17, 15) is 0 Å². The fourth-order valence-electron chi connectivity index (χ4n) is 3.24. The van der Waals surface area contributed by atoms with Crippen molar-refractivity contribution < 1.29 is 0 Å². The van der Waals surface area contributed by atoms with E-state index in [-0.39, 0.29) is 0 Å². The van der Waals surface area contributed by atoms with Crippen molar-refractivity contribution in [1.82, 2.24) is 15.4 Å². The largest absolute Gasteiger partial charge is 0.265 e. The highest BCUT2D eigenvalue weighted by atomic mass is 15.3. The Morgan fingerprint density at radius 2 is 1.37 bits per heavy atom. The Morgan fingerprint density at radius 3 is 2.15 bits per heavy atom. The first-order valence-electron chi connectivity index (χ1n) is 8.65. The molecule has 5 rings (SSSR count). The maximum atomic E-state index is 4.96. The molecule has 2 aromatic heterocycles. The molecule has 4 aromatic rings. The first-order chi connectivity index (χ1) is 13.4. The van der Waals surface area contributed by atoms with Crippen LogP contribution in [0.15, 0.2) is 95.5 Å². The van der Waals surface area contributed by atoms with Crippen molar-refractivity contribution in [2.24, 2.45) is 10.1 Å². The number of pyridine rings is 2. The van der Waals surface area contributed by atoms with Gasteiger partial charge in [-0.1, -0.05) is 30.3 Å². The maximum Gasteiger partial charge on any atom is 0.154 e. The molecule has 0 bridgehead atoms. The lowest BCUT2D eigenvalue weighted by atomic mass is 9.97. The molecule has 1 aliphatic rings. The molecule has 1 N–H and O–H groups in total. The smallest absolute Gasteiger partial charge is 0.154 e. The number of fused-ring (bicyclic) bond motifs is 3. The summed E-state index contributed by atoms with van der Waals surface area (Å²) in [5.74, 6) is 0.694. The summed E-state index contributed by atoms with van der Waals surface area (Å²) in [6, 6.07) is 20.2. The van der Waals surface area contributed by atoms with E-state index in [0.717, 1.165) is 38.9 Å². The van der Waals surface area contributed by atoms with E-state index in [2.05, 4.69) is 44.8 Å². The van der Waals surface area contributed by atoms with Gasteiger partial charge in [-0.25, -0.2) is 4.99 Å². The average Bonchev–Trinajstić information content (AvgIpc) is 2.95. The van der Waals surface area contributed by atoms with Crippen LogP contribution in [-0.4, -0.2) is 21.5 Å². The topological polar surface area (TPSA) is 62.5 Å². The van der Waals surface area contributed by atoms with Crippen LogP contribution < -0.4 is 5.43 Å². The van der Waals surface area contributed by atoms with Crippen molar-refractivity contribution >= 4 is 28.0 Å². The summed E-state index contributed by atoms with van der Waals surface area (Å²) in [5.41, 5.74) is 7.79. The summed E-state index contributed by atoms with van der Waals surface area (Å²) in [6.45, 7) is 0. The molecule has 0 aliphatic carbocycles. The number of benzene rings is 2. The van der Waals surface area contributed by atoms with Crippen molar-refractivity contribution in [3.05, 3.63) is 102 Å². The lowest BCUT2D eigenvalue weighted by Crippen LogP contribution is -2.19. The third kappa shape index (κ3) is 2.75. The molecule has 0 fully saturated rings. The number of rotatable bonds is 2. The van der Waals surface area contributed by atoms with E-state index >= 15 is 0 Å². The second kappa shape index (κ2) is 6.46. The average molecular weight is 349 g/mol. The van der Waals surface area contributed by atoms with Crippen molar-refractivity contribution in [3.63, 3.8) is 0 Å². The monoisotopic (exact) mass is 349 g/mol. The standard InChI is InChI=1S/C22H15N5/c1-2-4-18-15(3-1)5-6-19-20(16-7-11-23-12-8-16)26-27-22(25-21(18)19)17-9-13-24-14-10-17/h1-14H,(H,25,27). The second-order valence-electron chi connectivity index (χ2n) is 6.19. The van der Waals surface area contributed by atoms with Gasteiger partial charge in [0, 0.05) is 46.9 Å². The van der Waals surface area contributed by atoms with E-state index in [1.807, 2.05) is 36.4 Å². The molecular weight excluding hydrogens is 334 g/mol. The predicted octanol–water partition coefficient (Wildman–Crippen LogP) is 4.06. The third-order valence-corrected chi connectivity index (χ3v) is 4.56. The van der Waals surface area contributed by atoms with Crippen LogP contribution in [0, 0.1) is 0 Å². The maximum absolute atomic E-state index is 4.96. The van der Waals surface area contributed by atoms with E-state index in [4.69, 9.17) is 4.99 Å². The third-order valence-electron chi connectivity index (χ3n) is 4.56. The van der Waals surface area contributed by atoms with Gasteiger partial charge in [0.05, 0.1) is 5.69 Å². The molecule has 0 unspecified atom stereocenters. The Balaban J connectivity index is 1.80. The number of hydrazone groups is 1. The lowest BCUT2D eigenvalue weighted by molar-refractivity contribution is 1.03. The van der Waals surface area contributed by atoms with E-state index in [1.165, 1.54) is 0 Å². The molecule has 2 aromatic carbocycles. The predicted molar refractivity (Wildman–Crippen MR) is 107 cm³/mol. The normalized spacial score (nSPS) is 13.2. The molecule has 5 nitrogen and oxygen atoms in total. The van der Waals surface area contributed by atoms with Gasteiger partial charge in [-0.2, -0.15) is 5.10 Å². The first kappa shape index (κ1) is 15.4. The quantitative estimate of drug-likeness (QED) is 0.593. The van der Waals surface area contributed by atoms with Crippen LogP contribution in [0.25, 0.3) is 10.8 Å². The Hall–Kier alpha value is -3.86. The van der Waals surface area contributed by atoms with E-state index in [1.54, 1.807) is 24.8 Å². The molecular formula is C22H15N5. The van der Waals surface area contributed by atoms with Gasteiger partial charge in [0.15, 0.2) is 5.84 Å². The number of amidine groups is 1. The van der Waals surface area contributed by atoms with Crippen molar-refractivity contribution in [2.45, 2.75) is 0 Å².